The van der Waals surface area contributed by atoms with Gasteiger partial charge in [-0.3, -0.25) is 4.79 Å². The lowest BCUT2D eigenvalue weighted by Gasteiger charge is -2.32. The Hall–Kier alpha value is -1.46. The van der Waals surface area contributed by atoms with Gasteiger partial charge in [0.25, 0.3) is 5.91 Å². The molecule has 0 spiro atoms. The Labute approximate surface area is 143 Å². The molecule has 0 radical (unpaired) electrons. The van der Waals surface area contributed by atoms with Gasteiger partial charge in [-0.15, -0.1) is 0 Å². The van der Waals surface area contributed by atoms with E-state index in [0.717, 1.165) is 26.2 Å². The Kier molecular flexibility index (Phi) is 6.13. The smallest absolute Gasteiger partial charge is 0.254 e. The van der Waals surface area contributed by atoms with Gasteiger partial charge in [0.15, 0.2) is 11.5 Å². The van der Waals surface area contributed by atoms with E-state index < -0.39 is 0 Å². The number of hydrogen-bond acceptors (Lipinski definition) is 4. The second-order valence-electron chi connectivity index (χ2n) is 6.29. The van der Waals surface area contributed by atoms with E-state index in [2.05, 4.69) is 25.8 Å². The first-order chi connectivity index (χ1) is 10.9. The fourth-order valence-electron chi connectivity index (χ4n) is 2.43. The molecular weight excluding hydrogens is 316 g/mol. The van der Waals surface area contributed by atoms with Crippen molar-refractivity contribution < 1.29 is 14.3 Å². The first-order valence-corrected chi connectivity index (χ1v) is 8.28. The Morgan fingerprint density at radius 1 is 1.26 bits per heavy atom. The molecule has 6 heteroatoms. The van der Waals surface area contributed by atoms with E-state index in [0.29, 0.717) is 34.6 Å². The van der Waals surface area contributed by atoms with Crippen LogP contribution >= 0.6 is 11.6 Å². The normalized spacial score (nSPS) is 15.8. The zero-order chi connectivity index (χ0) is 17.0. The van der Waals surface area contributed by atoms with Crippen LogP contribution in [0.3, 0.4) is 0 Å². The average molecular weight is 341 g/mol. The number of nitrogens with zero attached hydrogens (tertiary/aromatic N) is 2. The summed E-state index contributed by atoms with van der Waals surface area (Å²) in [5.74, 6) is 1.35. The third-order valence-electron chi connectivity index (χ3n) is 3.83. The Bertz CT molecular complexity index is 555. The third-order valence-corrected chi connectivity index (χ3v) is 4.11. The van der Waals surface area contributed by atoms with Crippen molar-refractivity contribution >= 4 is 17.5 Å². The fourth-order valence-corrected chi connectivity index (χ4v) is 2.69. The van der Waals surface area contributed by atoms with Crippen molar-refractivity contribution in [1.82, 2.24) is 9.80 Å². The van der Waals surface area contributed by atoms with Gasteiger partial charge in [-0.05, 0) is 25.1 Å². The van der Waals surface area contributed by atoms with Crippen LogP contribution in [0.15, 0.2) is 12.1 Å². The standard InChI is InChI=1S/C17H25ClN2O3/c1-12(2)11-23-16-14(18)9-13(10-15(16)22-4)17(21)20-7-5-19(3)6-8-20/h9-10,12H,5-8,11H2,1-4H3. The van der Waals surface area contributed by atoms with Gasteiger partial charge in [-0.2, -0.15) is 0 Å². The fraction of sp³-hybridized carbons (Fsp3) is 0.588. The van der Waals surface area contributed by atoms with Crippen molar-refractivity contribution in [3.8, 4) is 11.5 Å². The zero-order valence-corrected chi connectivity index (χ0v) is 15.0. The number of rotatable bonds is 5. The zero-order valence-electron chi connectivity index (χ0n) is 14.3. The van der Waals surface area contributed by atoms with Crippen LogP contribution in [0.4, 0.5) is 0 Å². The van der Waals surface area contributed by atoms with Crippen LogP contribution in [0.2, 0.25) is 5.02 Å². The molecule has 1 aromatic carbocycles. The molecule has 0 aromatic heterocycles. The Morgan fingerprint density at radius 3 is 2.48 bits per heavy atom. The van der Waals surface area contributed by atoms with Gasteiger partial charge in [0, 0.05) is 31.7 Å². The molecule has 0 N–H and O–H groups in total. The summed E-state index contributed by atoms with van der Waals surface area (Å²) in [5, 5.41) is 0.405. The predicted molar refractivity (Wildman–Crippen MR) is 91.7 cm³/mol. The second kappa shape index (κ2) is 7.88. The number of carbonyl (C=O) groups excluding carboxylic acids is 1. The van der Waals surface area contributed by atoms with Gasteiger partial charge in [0.2, 0.25) is 0 Å². The van der Waals surface area contributed by atoms with Crippen LogP contribution in [0.1, 0.15) is 24.2 Å². The minimum absolute atomic E-state index is 0.0197. The van der Waals surface area contributed by atoms with Crippen molar-refractivity contribution in [2.75, 3.05) is 46.9 Å². The van der Waals surface area contributed by atoms with Crippen LogP contribution < -0.4 is 9.47 Å². The Balaban J connectivity index is 2.19. The molecule has 1 heterocycles. The van der Waals surface area contributed by atoms with E-state index >= 15 is 0 Å². The molecule has 5 nitrogen and oxygen atoms in total. The topological polar surface area (TPSA) is 42.0 Å². The lowest BCUT2D eigenvalue weighted by Crippen LogP contribution is -2.47. The first kappa shape index (κ1) is 17.9. The molecule has 1 aromatic rings. The molecule has 1 fully saturated rings. The molecule has 0 bridgehead atoms. The van der Waals surface area contributed by atoms with E-state index in [1.807, 2.05) is 4.90 Å². The van der Waals surface area contributed by atoms with Crippen LogP contribution in [0.25, 0.3) is 0 Å². The molecule has 0 saturated carbocycles. The lowest BCUT2D eigenvalue weighted by atomic mass is 10.1. The molecule has 1 aliphatic heterocycles. The number of carbonyl (C=O) groups is 1. The summed E-state index contributed by atoms with van der Waals surface area (Å²) in [6, 6.07) is 3.38. The number of amides is 1. The summed E-state index contributed by atoms with van der Waals surface area (Å²) in [6.07, 6.45) is 0. The molecule has 128 valence electrons. The summed E-state index contributed by atoms with van der Waals surface area (Å²) in [6.45, 7) is 7.87. The summed E-state index contributed by atoms with van der Waals surface area (Å²) >= 11 is 6.32. The van der Waals surface area contributed by atoms with Gasteiger partial charge < -0.3 is 19.3 Å². The van der Waals surface area contributed by atoms with Crippen LogP contribution in [0.5, 0.6) is 11.5 Å². The average Bonchev–Trinajstić information content (AvgIpc) is 2.52. The molecule has 23 heavy (non-hydrogen) atoms. The number of halogens is 1. The van der Waals surface area contributed by atoms with E-state index in [1.165, 1.54) is 0 Å². The van der Waals surface area contributed by atoms with Gasteiger partial charge >= 0.3 is 0 Å². The molecule has 2 rings (SSSR count). The van der Waals surface area contributed by atoms with E-state index in [-0.39, 0.29) is 5.91 Å². The second-order valence-corrected chi connectivity index (χ2v) is 6.70. The van der Waals surface area contributed by atoms with Crippen molar-refractivity contribution in [3.05, 3.63) is 22.7 Å². The van der Waals surface area contributed by atoms with Crippen molar-refractivity contribution in [1.29, 1.82) is 0 Å². The highest BCUT2D eigenvalue weighted by Gasteiger charge is 2.23. The predicted octanol–water partition coefficient (Wildman–Crippen LogP) is 2.77. The van der Waals surface area contributed by atoms with Crippen molar-refractivity contribution in [2.45, 2.75) is 13.8 Å². The summed E-state index contributed by atoms with van der Waals surface area (Å²) in [7, 11) is 3.61. The number of ether oxygens (including phenoxy) is 2. The molecule has 0 unspecified atom stereocenters. The summed E-state index contributed by atoms with van der Waals surface area (Å²) < 4.78 is 11.1. The molecular formula is C17H25ClN2O3. The monoisotopic (exact) mass is 340 g/mol. The third kappa shape index (κ3) is 4.52. The summed E-state index contributed by atoms with van der Waals surface area (Å²) in [4.78, 5) is 16.7. The number of likely N-dealkylation sites (N-methyl/N-ethyl adjacent to an activating group) is 1. The number of hydrogen-bond donors (Lipinski definition) is 0. The van der Waals surface area contributed by atoms with Gasteiger partial charge in [0.05, 0.1) is 18.7 Å². The molecule has 1 amide bonds. The quantitative estimate of drug-likeness (QED) is 0.826. The number of piperazine rings is 1. The van der Waals surface area contributed by atoms with E-state index in [9.17, 15) is 4.79 Å². The molecule has 1 saturated heterocycles. The van der Waals surface area contributed by atoms with Crippen molar-refractivity contribution in [2.24, 2.45) is 5.92 Å². The summed E-state index contributed by atoms with van der Waals surface area (Å²) in [5.41, 5.74) is 0.535. The van der Waals surface area contributed by atoms with Crippen LogP contribution in [0, 0.1) is 5.92 Å². The highest BCUT2D eigenvalue weighted by molar-refractivity contribution is 6.32. The minimum atomic E-state index is -0.0197. The van der Waals surface area contributed by atoms with E-state index in [1.54, 1.807) is 19.2 Å². The molecule has 0 atom stereocenters. The largest absolute Gasteiger partial charge is 0.493 e. The Morgan fingerprint density at radius 2 is 1.91 bits per heavy atom. The minimum Gasteiger partial charge on any atom is -0.493 e. The molecule has 1 aliphatic rings. The van der Waals surface area contributed by atoms with Gasteiger partial charge in [-0.1, -0.05) is 25.4 Å². The van der Waals surface area contributed by atoms with Gasteiger partial charge in [0.1, 0.15) is 0 Å². The van der Waals surface area contributed by atoms with Gasteiger partial charge in [-0.25, -0.2) is 0 Å². The maximum Gasteiger partial charge on any atom is 0.254 e. The lowest BCUT2D eigenvalue weighted by molar-refractivity contribution is 0.0663. The number of methoxy groups -OCH3 is 1. The highest BCUT2D eigenvalue weighted by Crippen LogP contribution is 2.37. The SMILES string of the molecule is COc1cc(C(=O)N2CCN(C)CC2)cc(Cl)c1OCC(C)C. The van der Waals surface area contributed by atoms with Crippen LogP contribution in [-0.4, -0.2) is 62.7 Å². The van der Waals surface area contributed by atoms with Crippen molar-refractivity contribution in [3.63, 3.8) is 0 Å². The maximum absolute atomic E-state index is 12.7. The molecule has 0 aliphatic carbocycles. The maximum atomic E-state index is 12.7. The highest BCUT2D eigenvalue weighted by atomic mass is 35.5. The van der Waals surface area contributed by atoms with Crippen LogP contribution in [-0.2, 0) is 0 Å². The van der Waals surface area contributed by atoms with E-state index in [4.69, 9.17) is 21.1 Å². The first-order valence-electron chi connectivity index (χ1n) is 7.90. The number of benzene rings is 1.